The van der Waals surface area contributed by atoms with Gasteiger partial charge in [-0.15, -0.1) is 0 Å². The maximum atomic E-state index is 9.13. The van der Waals surface area contributed by atoms with Gasteiger partial charge in [0.25, 0.3) is 0 Å². The van der Waals surface area contributed by atoms with Crippen molar-refractivity contribution in [1.29, 1.82) is 0 Å². The molecule has 0 radical (unpaired) electrons. The molecule has 1 atom stereocenters. The van der Waals surface area contributed by atoms with Gasteiger partial charge in [-0.25, -0.2) is 0 Å². The largest absolute Gasteiger partial charge is 0.508 e. The topological polar surface area (TPSA) is 49.7 Å². The van der Waals surface area contributed by atoms with Gasteiger partial charge in [-0.1, -0.05) is 19.1 Å². The zero-order valence-electron chi connectivity index (χ0n) is 9.02. The van der Waals surface area contributed by atoms with Crippen molar-refractivity contribution in [3.8, 4) is 5.75 Å². The van der Waals surface area contributed by atoms with Crippen LogP contribution in [0.2, 0.25) is 0 Å². The van der Waals surface area contributed by atoms with E-state index in [0.29, 0.717) is 24.9 Å². The van der Waals surface area contributed by atoms with E-state index in [9.17, 15) is 0 Å². The molecule has 15 heavy (non-hydrogen) atoms. The van der Waals surface area contributed by atoms with Crippen LogP contribution in [-0.2, 0) is 4.74 Å². The molecule has 0 spiro atoms. The zero-order chi connectivity index (χ0) is 11.1. The van der Waals surface area contributed by atoms with Gasteiger partial charge in [-0.05, 0) is 30.0 Å². The number of phenols is 1. The Morgan fingerprint density at radius 1 is 1.20 bits per heavy atom. The van der Waals surface area contributed by atoms with Gasteiger partial charge < -0.3 is 14.9 Å². The molecule has 0 aliphatic heterocycles. The molecular weight excluding hydrogens is 192 g/mol. The second kappa shape index (κ2) is 6.43. The molecule has 1 rings (SSSR count). The van der Waals surface area contributed by atoms with Crippen molar-refractivity contribution in [2.45, 2.75) is 19.3 Å². The van der Waals surface area contributed by atoms with Crippen molar-refractivity contribution in [1.82, 2.24) is 0 Å². The first-order chi connectivity index (χ1) is 7.24. The number of hydrogen-bond acceptors (Lipinski definition) is 3. The van der Waals surface area contributed by atoms with Crippen LogP contribution in [0.5, 0.6) is 5.75 Å². The monoisotopic (exact) mass is 210 g/mol. The quantitative estimate of drug-likeness (QED) is 0.705. The third kappa shape index (κ3) is 4.32. The van der Waals surface area contributed by atoms with Gasteiger partial charge in [0.1, 0.15) is 5.75 Å². The number of aromatic hydroxyl groups is 1. The Labute approximate surface area is 90.3 Å². The van der Waals surface area contributed by atoms with Crippen LogP contribution < -0.4 is 0 Å². The summed E-state index contributed by atoms with van der Waals surface area (Å²) in [7, 11) is 0. The highest BCUT2D eigenvalue weighted by molar-refractivity contribution is 5.27. The van der Waals surface area contributed by atoms with Crippen LogP contribution in [0.15, 0.2) is 24.3 Å². The van der Waals surface area contributed by atoms with Crippen LogP contribution in [0.1, 0.15) is 24.8 Å². The third-order valence-electron chi connectivity index (χ3n) is 2.39. The zero-order valence-corrected chi connectivity index (χ0v) is 9.02. The number of hydrogen-bond donors (Lipinski definition) is 2. The molecule has 0 amide bonds. The summed E-state index contributed by atoms with van der Waals surface area (Å²) in [6, 6.07) is 7.24. The molecule has 0 aromatic heterocycles. The van der Waals surface area contributed by atoms with Crippen molar-refractivity contribution < 1.29 is 14.9 Å². The predicted octanol–water partition coefficient (Wildman–Crippen LogP) is 1.89. The van der Waals surface area contributed by atoms with E-state index in [0.717, 1.165) is 6.42 Å². The summed E-state index contributed by atoms with van der Waals surface area (Å²) in [4.78, 5) is 0. The van der Waals surface area contributed by atoms with E-state index in [-0.39, 0.29) is 6.61 Å². The van der Waals surface area contributed by atoms with Crippen LogP contribution in [0, 0.1) is 0 Å². The van der Waals surface area contributed by atoms with E-state index in [2.05, 4.69) is 6.92 Å². The molecule has 84 valence electrons. The molecule has 0 fully saturated rings. The normalized spacial score (nSPS) is 12.7. The minimum atomic E-state index is 0.0770. The van der Waals surface area contributed by atoms with E-state index in [1.807, 2.05) is 12.1 Å². The minimum absolute atomic E-state index is 0.0770. The lowest BCUT2D eigenvalue weighted by Gasteiger charge is -2.11. The van der Waals surface area contributed by atoms with Crippen LogP contribution in [0.3, 0.4) is 0 Å². The molecule has 1 aromatic rings. The van der Waals surface area contributed by atoms with Crippen LogP contribution in [0.25, 0.3) is 0 Å². The summed E-state index contributed by atoms with van der Waals surface area (Å²) < 4.78 is 5.20. The fourth-order valence-electron chi connectivity index (χ4n) is 1.40. The van der Waals surface area contributed by atoms with Crippen LogP contribution >= 0.6 is 0 Å². The highest BCUT2D eigenvalue weighted by atomic mass is 16.5. The van der Waals surface area contributed by atoms with Crippen LogP contribution in [0.4, 0.5) is 0 Å². The molecule has 0 heterocycles. The first-order valence-electron chi connectivity index (χ1n) is 5.21. The molecule has 2 N–H and O–H groups in total. The van der Waals surface area contributed by atoms with Gasteiger partial charge in [0.15, 0.2) is 0 Å². The number of aliphatic hydroxyl groups is 1. The number of phenolic OH excluding ortho intramolecular Hbond substituents is 1. The van der Waals surface area contributed by atoms with E-state index in [1.54, 1.807) is 12.1 Å². The molecule has 3 nitrogen and oxygen atoms in total. The van der Waals surface area contributed by atoms with E-state index in [4.69, 9.17) is 14.9 Å². The van der Waals surface area contributed by atoms with Gasteiger partial charge in [0.2, 0.25) is 0 Å². The Bertz CT molecular complexity index is 269. The SMILES string of the molecule is CC(CCOCCO)c1ccc(O)cc1. The summed E-state index contributed by atoms with van der Waals surface area (Å²) in [6.07, 6.45) is 0.921. The van der Waals surface area contributed by atoms with Crippen molar-refractivity contribution in [2.24, 2.45) is 0 Å². The Morgan fingerprint density at radius 3 is 2.47 bits per heavy atom. The third-order valence-corrected chi connectivity index (χ3v) is 2.39. The standard InChI is InChI=1S/C12H18O3/c1-10(6-8-15-9-7-13)11-2-4-12(14)5-3-11/h2-5,10,13-14H,6-9H2,1H3. The van der Waals surface area contributed by atoms with E-state index in [1.165, 1.54) is 5.56 Å². The van der Waals surface area contributed by atoms with Crippen molar-refractivity contribution in [3.05, 3.63) is 29.8 Å². The molecule has 0 saturated carbocycles. The first-order valence-corrected chi connectivity index (χ1v) is 5.21. The maximum Gasteiger partial charge on any atom is 0.115 e. The molecular formula is C12H18O3. The molecule has 0 bridgehead atoms. The Kier molecular flexibility index (Phi) is 5.15. The van der Waals surface area contributed by atoms with E-state index < -0.39 is 0 Å². The lowest BCUT2D eigenvalue weighted by Crippen LogP contribution is -2.04. The molecule has 0 saturated heterocycles. The molecule has 0 aliphatic carbocycles. The predicted molar refractivity (Wildman–Crippen MR) is 59.0 cm³/mol. The average molecular weight is 210 g/mol. The number of benzene rings is 1. The van der Waals surface area contributed by atoms with Crippen molar-refractivity contribution >= 4 is 0 Å². The maximum absolute atomic E-state index is 9.13. The molecule has 1 unspecified atom stereocenters. The number of rotatable bonds is 6. The number of ether oxygens (including phenoxy) is 1. The van der Waals surface area contributed by atoms with Gasteiger partial charge in [0.05, 0.1) is 13.2 Å². The van der Waals surface area contributed by atoms with Gasteiger partial charge in [0, 0.05) is 6.61 Å². The molecule has 3 heteroatoms. The summed E-state index contributed by atoms with van der Waals surface area (Å²) >= 11 is 0. The summed E-state index contributed by atoms with van der Waals surface area (Å²) in [6.45, 7) is 3.26. The van der Waals surface area contributed by atoms with Gasteiger partial charge in [-0.2, -0.15) is 0 Å². The second-order valence-electron chi connectivity index (χ2n) is 3.62. The average Bonchev–Trinajstić information content (AvgIpc) is 2.25. The summed E-state index contributed by atoms with van der Waals surface area (Å²) in [5, 5.41) is 17.7. The first kappa shape index (κ1) is 12.0. The Balaban J connectivity index is 2.33. The lowest BCUT2D eigenvalue weighted by atomic mass is 9.98. The van der Waals surface area contributed by atoms with E-state index >= 15 is 0 Å². The molecule has 1 aromatic carbocycles. The highest BCUT2D eigenvalue weighted by Gasteiger charge is 2.04. The fraction of sp³-hybridized carbons (Fsp3) is 0.500. The van der Waals surface area contributed by atoms with Crippen molar-refractivity contribution in [3.63, 3.8) is 0 Å². The van der Waals surface area contributed by atoms with Gasteiger partial charge in [-0.3, -0.25) is 0 Å². The minimum Gasteiger partial charge on any atom is -0.508 e. The Morgan fingerprint density at radius 2 is 1.87 bits per heavy atom. The van der Waals surface area contributed by atoms with Crippen molar-refractivity contribution in [2.75, 3.05) is 19.8 Å². The molecule has 0 aliphatic rings. The smallest absolute Gasteiger partial charge is 0.115 e. The lowest BCUT2D eigenvalue weighted by molar-refractivity contribution is 0.0882. The fourth-order valence-corrected chi connectivity index (χ4v) is 1.40. The highest BCUT2D eigenvalue weighted by Crippen LogP contribution is 2.21. The van der Waals surface area contributed by atoms with Gasteiger partial charge >= 0.3 is 0 Å². The second-order valence-corrected chi connectivity index (χ2v) is 3.62. The summed E-state index contributed by atoms with van der Waals surface area (Å²) in [5.74, 6) is 0.701. The van der Waals surface area contributed by atoms with Crippen LogP contribution in [-0.4, -0.2) is 30.0 Å². The Hall–Kier alpha value is -1.06. The number of aliphatic hydroxyl groups excluding tert-OH is 1. The summed E-state index contributed by atoms with van der Waals surface area (Å²) in [5.41, 5.74) is 1.19.